The van der Waals surface area contributed by atoms with E-state index in [0.29, 0.717) is 5.92 Å². The van der Waals surface area contributed by atoms with Crippen LogP contribution in [0, 0.1) is 5.92 Å². The Morgan fingerprint density at radius 1 is 1.06 bits per heavy atom. The molecule has 3 rings (SSSR count). The summed E-state index contributed by atoms with van der Waals surface area (Å²) in [4.78, 5) is 0. The third-order valence-corrected chi connectivity index (χ3v) is 3.16. The average molecular weight is 224 g/mol. The largest absolute Gasteiger partial charge is 0.358 e. The predicted molar refractivity (Wildman–Crippen MR) is 70.6 cm³/mol. The van der Waals surface area contributed by atoms with Gasteiger partial charge in [0.15, 0.2) is 0 Å². The fraction of sp³-hybridized carbons (Fsp3) is 0.200. The molecule has 17 heavy (non-hydrogen) atoms. The molecule has 1 aromatic rings. The highest BCUT2D eigenvalue weighted by Crippen LogP contribution is 2.25. The Morgan fingerprint density at radius 2 is 1.88 bits per heavy atom. The molecule has 1 heterocycles. The molecule has 0 amide bonds. The van der Waals surface area contributed by atoms with Gasteiger partial charge in [-0.1, -0.05) is 49.4 Å². The summed E-state index contributed by atoms with van der Waals surface area (Å²) in [6.07, 6.45) is 7.69. The van der Waals surface area contributed by atoms with Gasteiger partial charge in [0.25, 0.3) is 0 Å². The fourth-order valence-corrected chi connectivity index (χ4v) is 2.21. The smallest absolute Gasteiger partial charge is 0.0621 e. The SMILES string of the molecule is C[C@H]1C=C2NC(c3ccccc3)=CNC2=CC1. The number of allylic oxidation sites excluding steroid dienone is 2. The molecule has 0 fully saturated rings. The molecule has 0 radical (unpaired) electrons. The van der Waals surface area contributed by atoms with E-state index in [4.69, 9.17) is 0 Å². The van der Waals surface area contributed by atoms with Crippen LogP contribution >= 0.6 is 0 Å². The van der Waals surface area contributed by atoms with E-state index in [9.17, 15) is 0 Å². The van der Waals surface area contributed by atoms with Crippen LogP contribution in [-0.2, 0) is 0 Å². The Bertz CT molecular complexity index is 509. The second-order valence-electron chi connectivity index (χ2n) is 4.60. The Morgan fingerprint density at radius 3 is 2.71 bits per heavy atom. The predicted octanol–water partition coefficient (Wildman–Crippen LogP) is 2.99. The Balaban J connectivity index is 1.91. The second kappa shape index (κ2) is 4.13. The van der Waals surface area contributed by atoms with Gasteiger partial charge in [0.1, 0.15) is 0 Å². The molecule has 2 heteroatoms. The van der Waals surface area contributed by atoms with Crippen molar-refractivity contribution in [1.29, 1.82) is 0 Å². The molecule has 0 spiro atoms. The second-order valence-corrected chi connectivity index (χ2v) is 4.60. The van der Waals surface area contributed by atoms with Gasteiger partial charge >= 0.3 is 0 Å². The normalized spacial score (nSPS) is 22.4. The van der Waals surface area contributed by atoms with Crippen molar-refractivity contribution in [2.75, 3.05) is 0 Å². The molecular weight excluding hydrogens is 208 g/mol. The van der Waals surface area contributed by atoms with Gasteiger partial charge in [-0.2, -0.15) is 0 Å². The first-order valence-corrected chi connectivity index (χ1v) is 6.04. The van der Waals surface area contributed by atoms with Gasteiger partial charge in [0, 0.05) is 6.20 Å². The van der Waals surface area contributed by atoms with E-state index in [1.807, 2.05) is 12.3 Å². The highest BCUT2D eigenvalue weighted by molar-refractivity contribution is 5.68. The minimum atomic E-state index is 0.609. The van der Waals surface area contributed by atoms with Crippen LogP contribution in [0.3, 0.4) is 0 Å². The molecule has 1 aliphatic heterocycles. The third-order valence-electron chi connectivity index (χ3n) is 3.16. The van der Waals surface area contributed by atoms with E-state index in [1.54, 1.807) is 0 Å². The maximum Gasteiger partial charge on any atom is 0.0621 e. The van der Waals surface area contributed by atoms with Gasteiger partial charge in [-0.25, -0.2) is 0 Å². The molecule has 0 saturated heterocycles. The molecule has 0 unspecified atom stereocenters. The van der Waals surface area contributed by atoms with Crippen LogP contribution in [0.1, 0.15) is 18.9 Å². The molecule has 2 nitrogen and oxygen atoms in total. The van der Waals surface area contributed by atoms with Gasteiger partial charge < -0.3 is 10.6 Å². The van der Waals surface area contributed by atoms with E-state index in [2.05, 4.69) is 54.0 Å². The molecule has 1 atom stereocenters. The number of benzene rings is 1. The summed E-state index contributed by atoms with van der Waals surface area (Å²) in [6.45, 7) is 2.24. The molecule has 2 N–H and O–H groups in total. The molecule has 1 aliphatic carbocycles. The van der Waals surface area contributed by atoms with E-state index >= 15 is 0 Å². The summed E-state index contributed by atoms with van der Waals surface area (Å²) in [5.74, 6) is 0.609. The van der Waals surface area contributed by atoms with Gasteiger partial charge in [-0.3, -0.25) is 0 Å². The lowest BCUT2D eigenvalue weighted by Crippen LogP contribution is -2.28. The topological polar surface area (TPSA) is 24.1 Å². The molecule has 0 aromatic heterocycles. The van der Waals surface area contributed by atoms with Gasteiger partial charge in [-0.05, 0) is 17.9 Å². The zero-order valence-corrected chi connectivity index (χ0v) is 9.90. The first kappa shape index (κ1) is 10.2. The standard InChI is InChI=1S/C15H16N2/c1-11-7-8-13-14(9-11)17-15(10-16-13)12-5-3-2-4-6-12/h2-6,8-11,16-17H,7H2,1H3/t11-/m1/s1. The number of hydrogen-bond acceptors (Lipinski definition) is 2. The van der Waals surface area contributed by atoms with Crippen molar-refractivity contribution in [2.45, 2.75) is 13.3 Å². The minimum Gasteiger partial charge on any atom is -0.358 e. The fourth-order valence-electron chi connectivity index (χ4n) is 2.21. The van der Waals surface area contributed by atoms with Gasteiger partial charge in [-0.15, -0.1) is 0 Å². The van der Waals surface area contributed by atoms with Crippen molar-refractivity contribution in [3.63, 3.8) is 0 Å². The number of rotatable bonds is 1. The molecule has 0 bridgehead atoms. The molecule has 1 aromatic carbocycles. The summed E-state index contributed by atoms with van der Waals surface area (Å²) in [5.41, 5.74) is 4.73. The van der Waals surface area contributed by atoms with Gasteiger partial charge in [0.05, 0.1) is 17.1 Å². The molecular formula is C15H16N2. The monoisotopic (exact) mass is 224 g/mol. The molecule has 0 saturated carbocycles. The van der Waals surface area contributed by atoms with E-state index in [-0.39, 0.29) is 0 Å². The van der Waals surface area contributed by atoms with Crippen molar-refractivity contribution < 1.29 is 0 Å². The molecule has 2 aliphatic rings. The maximum atomic E-state index is 3.49. The van der Waals surface area contributed by atoms with Crippen LogP contribution in [0.4, 0.5) is 0 Å². The van der Waals surface area contributed by atoms with Crippen molar-refractivity contribution in [3.8, 4) is 0 Å². The number of fused-ring (bicyclic) bond motifs is 1. The first-order valence-electron chi connectivity index (χ1n) is 6.04. The summed E-state index contributed by atoms with van der Waals surface area (Å²) in [7, 11) is 0. The summed E-state index contributed by atoms with van der Waals surface area (Å²) >= 11 is 0. The Hall–Kier alpha value is -1.96. The van der Waals surface area contributed by atoms with Crippen LogP contribution in [0.5, 0.6) is 0 Å². The van der Waals surface area contributed by atoms with Crippen molar-refractivity contribution in [1.82, 2.24) is 10.6 Å². The van der Waals surface area contributed by atoms with Crippen molar-refractivity contribution in [3.05, 3.63) is 65.6 Å². The van der Waals surface area contributed by atoms with Crippen LogP contribution in [0.15, 0.2) is 60.1 Å². The Kier molecular flexibility index (Phi) is 2.48. The zero-order chi connectivity index (χ0) is 11.7. The lowest BCUT2D eigenvalue weighted by molar-refractivity contribution is 0.698. The van der Waals surface area contributed by atoms with Crippen LogP contribution in [-0.4, -0.2) is 0 Å². The summed E-state index contributed by atoms with van der Waals surface area (Å²) in [6, 6.07) is 10.4. The van der Waals surface area contributed by atoms with Gasteiger partial charge in [0.2, 0.25) is 0 Å². The van der Waals surface area contributed by atoms with Crippen molar-refractivity contribution >= 4 is 5.70 Å². The maximum absolute atomic E-state index is 3.49. The van der Waals surface area contributed by atoms with Crippen LogP contribution in [0.2, 0.25) is 0 Å². The van der Waals surface area contributed by atoms with Crippen molar-refractivity contribution in [2.24, 2.45) is 5.92 Å². The lowest BCUT2D eigenvalue weighted by atomic mass is 9.97. The van der Waals surface area contributed by atoms with E-state index in [1.165, 1.54) is 17.0 Å². The Labute approximate surface area is 102 Å². The number of hydrogen-bond donors (Lipinski definition) is 2. The summed E-state index contributed by atoms with van der Waals surface area (Å²) in [5, 5.41) is 6.85. The average Bonchev–Trinajstić information content (AvgIpc) is 2.39. The molecule has 86 valence electrons. The third kappa shape index (κ3) is 1.98. The van der Waals surface area contributed by atoms with Crippen LogP contribution < -0.4 is 10.6 Å². The quantitative estimate of drug-likeness (QED) is 0.766. The highest BCUT2D eigenvalue weighted by atomic mass is 15.0. The van der Waals surface area contributed by atoms with Crippen LogP contribution in [0.25, 0.3) is 5.70 Å². The van der Waals surface area contributed by atoms with E-state index in [0.717, 1.165) is 12.1 Å². The van der Waals surface area contributed by atoms with E-state index < -0.39 is 0 Å². The first-order chi connectivity index (χ1) is 8.33. The summed E-state index contributed by atoms with van der Waals surface area (Å²) < 4.78 is 0. The lowest BCUT2D eigenvalue weighted by Gasteiger charge is -2.27. The highest BCUT2D eigenvalue weighted by Gasteiger charge is 2.17. The number of nitrogens with one attached hydrogen (secondary N) is 2. The zero-order valence-electron chi connectivity index (χ0n) is 9.90. The minimum absolute atomic E-state index is 0.609.